The molecule has 1 aromatic rings. The molecule has 0 unspecified atom stereocenters. The number of nitrogens with one attached hydrogen (secondary N) is 1. The summed E-state index contributed by atoms with van der Waals surface area (Å²) in [6, 6.07) is 3.24. The normalized spacial score (nSPS) is 9.94. The second kappa shape index (κ2) is 6.02. The van der Waals surface area contributed by atoms with E-state index in [-0.39, 0.29) is 5.91 Å². The van der Waals surface area contributed by atoms with Gasteiger partial charge in [-0.2, -0.15) is 0 Å². The number of aromatic nitrogens is 2. The molecule has 0 aliphatic heterocycles. The number of ether oxygens (including phenoxy) is 1. The van der Waals surface area contributed by atoms with Gasteiger partial charge in [-0.3, -0.25) is 4.79 Å². The number of nitrogens with zero attached hydrogens (tertiary/aromatic N) is 3. The van der Waals surface area contributed by atoms with Gasteiger partial charge >= 0.3 is 0 Å². The maximum Gasteiger partial charge on any atom is 0.273 e. The van der Waals surface area contributed by atoms with Crippen LogP contribution in [0.2, 0.25) is 0 Å². The van der Waals surface area contributed by atoms with Crippen LogP contribution in [0.25, 0.3) is 0 Å². The average Bonchev–Trinajstić information content (AvgIpc) is 2.29. The first kappa shape index (κ1) is 12.4. The molecule has 0 saturated heterocycles. The number of hydrogen-bond acceptors (Lipinski definition) is 5. The van der Waals surface area contributed by atoms with Crippen molar-refractivity contribution in [3.63, 3.8) is 0 Å². The highest BCUT2D eigenvalue weighted by Gasteiger charge is 2.09. The summed E-state index contributed by atoms with van der Waals surface area (Å²) in [5.74, 6) is 0.250. The second-order valence-corrected chi connectivity index (χ2v) is 3.41. The Morgan fingerprint density at radius 2 is 2.19 bits per heavy atom. The number of carbonyl (C=O) groups is 1. The summed E-state index contributed by atoms with van der Waals surface area (Å²) in [5, 5.41) is 10.5. The molecule has 6 nitrogen and oxygen atoms in total. The number of hydrogen-bond donors (Lipinski definition) is 1. The smallest absolute Gasteiger partial charge is 0.273 e. The van der Waals surface area contributed by atoms with E-state index in [1.54, 1.807) is 26.2 Å². The monoisotopic (exact) mass is 224 g/mol. The zero-order valence-electron chi connectivity index (χ0n) is 9.73. The maximum absolute atomic E-state index is 11.5. The van der Waals surface area contributed by atoms with Gasteiger partial charge in [0.15, 0.2) is 5.69 Å². The maximum atomic E-state index is 11.5. The molecule has 0 atom stereocenters. The van der Waals surface area contributed by atoms with Crippen LogP contribution >= 0.6 is 0 Å². The van der Waals surface area contributed by atoms with Gasteiger partial charge in [-0.05, 0) is 13.1 Å². The quantitative estimate of drug-likeness (QED) is 0.700. The highest BCUT2D eigenvalue weighted by atomic mass is 16.5. The third-order valence-electron chi connectivity index (χ3n) is 1.87. The summed E-state index contributed by atoms with van der Waals surface area (Å²) in [7, 11) is 5.18. The first-order valence-electron chi connectivity index (χ1n) is 4.98. The fraction of sp³-hybridized carbons (Fsp3) is 0.500. The molecule has 1 rings (SSSR count). The van der Waals surface area contributed by atoms with Crippen molar-refractivity contribution in [2.24, 2.45) is 0 Å². The van der Waals surface area contributed by atoms with Gasteiger partial charge < -0.3 is 15.0 Å². The number of rotatable bonds is 5. The number of amides is 1. The zero-order valence-corrected chi connectivity index (χ0v) is 9.73. The fourth-order valence-electron chi connectivity index (χ4n) is 0.998. The third kappa shape index (κ3) is 3.47. The van der Waals surface area contributed by atoms with Crippen molar-refractivity contribution in [1.29, 1.82) is 0 Å². The van der Waals surface area contributed by atoms with Gasteiger partial charge in [0.1, 0.15) is 6.61 Å². The predicted octanol–water partition coefficient (Wildman–Crippen LogP) is -0.223. The molecule has 1 amide bonds. The van der Waals surface area contributed by atoms with E-state index >= 15 is 0 Å². The molecule has 0 spiro atoms. The molecule has 0 aliphatic rings. The lowest BCUT2D eigenvalue weighted by Crippen LogP contribution is -2.23. The van der Waals surface area contributed by atoms with Crippen molar-refractivity contribution in [2.75, 3.05) is 34.3 Å². The largest absolute Gasteiger partial charge is 0.475 e. The Balaban J connectivity index is 2.57. The Labute approximate surface area is 94.6 Å². The van der Waals surface area contributed by atoms with Gasteiger partial charge in [0.25, 0.3) is 5.91 Å². The van der Waals surface area contributed by atoms with Crippen LogP contribution in [0.4, 0.5) is 0 Å². The molecule has 0 aliphatic carbocycles. The molecule has 6 heteroatoms. The molecule has 1 heterocycles. The Morgan fingerprint density at radius 3 is 2.69 bits per heavy atom. The lowest BCUT2D eigenvalue weighted by molar-refractivity contribution is 0.0820. The van der Waals surface area contributed by atoms with Gasteiger partial charge in [0.2, 0.25) is 5.88 Å². The summed E-state index contributed by atoms with van der Waals surface area (Å²) < 4.78 is 5.28. The van der Waals surface area contributed by atoms with Gasteiger partial charge in [0, 0.05) is 26.7 Å². The molecule has 0 bridgehead atoms. The van der Waals surface area contributed by atoms with Gasteiger partial charge in [-0.1, -0.05) is 0 Å². The van der Waals surface area contributed by atoms with Crippen LogP contribution in [0, 0.1) is 0 Å². The van der Waals surface area contributed by atoms with Crippen LogP contribution in [0.3, 0.4) is 0 Å². The van der Waals surface area contributed by atoms with Crippen molar-refractivity contribution in [3.05, 3.63) is 17.8 Å². The first-order valence-corrected chi connectivity index (χ1v) is 4.98. The number of likely N-dealkylation sites (N-methyl/N-ethyl adjacent to an activating group) is 1. The minimum Gasteiger partial charge on any atom is -0.475 e. The molecule has 0 fully saturated rings. The molecular formula is C10H16N4O2. The van der Waals surface area contributed by atoms with Gasteiger partial charge in [-0.15, -0.1) is 10.2 Å². The topological polar surface area (TPSA) is 67.3 Å². The lowest BCUT2D eigenvalue weighted by atomic mass is 10.3. The number of carbonyl (C=O) groups excluding carboxylic acids is 1. The average molecular weight is 224 g/mol. The lowest BCUT2D eigenvalue weighted by Gasteiger charge is -2.09. The summed E-state index contributed by atoms with van der Waals surface area (Å²) in [5.41, 5.74) is 0.311. The first-order chi connectivity index (χ1) is 7.65. The van der Waals surface area contributed by atoms with Crippen LogP contribution < -0.4 is 10.1 Å². The van der Waals surface area contributed by atoms with Crippen LogP contribution in [0.1, 0.15) is 10.5 Å². The SMILES string of the molecule is CNCCOc1ccc(C(=O)N(C)C)nn1. The summed E-state index contributed by atoms with van der Waals surface area (Å²) in [6.45, 7) is 1.26. The van der Waals surface area contributed by atoms with E-state index in [1.807, 2.05) is 7.05 Å². The standard InChI is InChI=1S/C10H16N4O2/c1-11-6-7-16-9-5-4-8(12-13-9)10(15)14(2)3/h4-5,11H,6-7H2,1-3H3. The molecule has 0 aromatic carbocycles. The van der Waals surface area contributed by atoms with Crippen LogP contribution in [0.15, 0.2) is 12.1 Å². The van der Waals surface area contributed by atoms with E-state index in [9.17, 15) is 4.79 Å². The molecule has 16 heavy (non-hydrogen) atoms. The van der Waals surface area contributed by atoms with E-state index in [1.165, 1.54) is 4.90 Å². The molecule has 1 N–H and O–H groups in total. The van der Waals surface area contributed by atoms with Crippen LogP contribution in [-0.4, -0.2) is 55.3 Å². The summed E-state index contributed by atoms with van der Waals surface area (Å²) in [4.78, 5) is 12.9. The summed E-state index contributed by atoms with van der Waals surface area (Å²) >= 11 is 0. The molecule has 0 radical (unpaired) electrons. The highest BCUT2D eigenvalue weighted by molar-refractivity contribution is 5.91. The van der Waals surface area contributed by atoms with Crippen molar-refractivity contribution in [2.45, 2.75) is 0 Å². The Bertz CT molecular complexity index is 337. The molecular weight excluding hydrogens is 208 g/mol. The van der Waals surface area contributed by atoms with E-state index in [4.69, 9.17) is 4.74 Å². The Morgan fingerprint density at radius 1 is 1.44 bits per heavy atom. The Hall–Kier alpha value is -1.69. The van der Waals surface area contributed by atoms with E-state index in [0.717, 1.165) is 6.54 Å². The molecule has 88 valence electrons. The highest BCUT2D eigenvalue weighted by Crippen LogP contribution is 2.05. The minimum absolute atomic E-state index is 0.172. The summed E-state index contributed by atoms with van der Waals surface area (Å²) in [6.07, 6.45) is 0. The van der Waals surface area contributed by atoms with Crippen molar-refractivity contribution >= 4 is 5.91 Å². The fourth-order valence-corrected chi connectivity index (χ4v) is 0.998. The van der Waals surface area contributed by atoms with Gasteiger partial charge in [-0.25, -0.2) is 0 Å². The van der Waals surface area contributed by atoms with Crippen molar-refractivity contribution < 1.29 is 9.53 Å². The minimum atomic E-state index is -0.172. The molecule has 0 saturated carbocycles. The van der Waals surface area contributed by atoms with Crippen LogP contribution in [-0.2, 0) is 0 Å². The third-order valence-corrected chi connectivity index (χ3v) is 1.87. The second-order valence-electron chi connectivity index (χ2n) is 3.41. The Kier molecular flexibility index (Phi) is 4.65. The molecule has 1 aromatic heterocycles. The van der Waals surface area contributed by atoms with Crippen molar-refractivity contribution in [3.8, 4) is 5.88 Å². The van der Waals surface area contributed by atoms with E-state index < -0.39 is 0 Å². The van der Waals surface area contributed by atoms with E-state index in [0.29, 0.717) is 18.2 Å². The van der Waals surface area contributed by atoms with E-state index in [2.05, 4.69) is 15.5 Å². The van der Waals surface area contributed by atoms with Gasteiger partial charge in [0.05, 0.1) is 0 Å². The zero-order chi connectivity index (χ0) is 12.0. The van der Waals surface area contributed by atoms with Crippen molar-refractivity contribution in [1.82, 2.24) is 20.4 Å². The van der Waals surface area contributed by atoms with Crippen LogP contribution in [0.5, 0.6) is 5.88 Å². The predicted molar refractivity (Wildman–Crippen MR) is 59.5 cm³/mol.